The third-order valence-corrected chi connectivity index (χ3v) is 14.7. The summed E-state index contributed by atoms with van der Waals surface area (Å²) in [7, 11) is 11.1. The topological polar surface area (TPSA) is 0 Å². The summed E-state index contributed by atoms with van der Waals surface area (Å²) in [6.45, 7) is 3.96. The zero-order chi connectivity index (χ0) is 26.7. The van der Waals surface area contributed by atoms with Gasteiger partial charge in [0.05, 0.1) is 0 Å². The third-order valence-electron chi connectivity index (χ3n) is 8.39. The van der Waals surface area contributed by atoms with E-state index in [9.17, 15) is 0 Å². The van der Waals surface area contributed by atoms with Crippen LogP contribution in [0.25, 0.3) is 21.5 Å². The molecule has 2 aliphatic rings. The van der Waals surface area contributed by atoms with Gasteiger partial charge in [-0.2, -0.15) is 11.1 Å². The third kappa shape index (κ3) is 9.01. The summed E-state index contributed by atoms with van der Waals surface area (Å²) in [5.74, 6) is 1.89. The number of benzene rings is 2. The smallest absolute Gasteiger partial charge is 0.0461 e. The summed E-state index contributed by atoms with van der Waals surface area (Å²) >= 11 is -1.84. The van der Waals surface area contributed by atoms with E-state index in [1.165, 1.54) is 102 Å². The first-order valence-corrected chi connectivity index (χ1v) is 22.3. The van der Waals surface area contributed by atoms with Crippen LogP contribution in [0.3, 0.4) is 0 Å². The fraction of sp³-hybridized carbons (Fsp3) is 0.457. The molecule has 0 aliphatic heterocycles. The van der Waals surface area contributed by atoms with Gasteiger partial charge in [0.1, 0.15) is 0 Å². The summed E-state index contributed by atoms with van der Waals surface area (Å²) < 4.78 is 1.24. The van der Waals surface area contributed by atoms with Crippen LogP contribution in [0.5, 0.6) is 0 Å². The van der Waals surface area contributed by atoms with Crippen molar-refractivity contribution in [3.63, 3.8) is 0 Å². The van der Waals surface area contributed by atoms with Crippen LogP contribution in [0.2, 0.25) is 0 Å². The van der Waals surface area contributed by atoms with Crippen LogP contribution in [-0.2, 0) is 31.7 Å². The van der Waals surface area contributed by atoms with Crippen molar-refractivity contribution in [3.05, 3.63) is 83.9 Å². The fourth-order valence-corrected chi connectivity index (χ4v) is 6.19. The van der Waals surface area contributed by atoms with Crippen LogP contribution in [0, 0.1) is 11.8 Å². The summed E-state index contributed by atoms with van der Waals surface area (Å²) in [6.07, 6.45) is 17.1. The van der Waals surface area contributed by atoms with E-state index in [0.717, 1.165) is 11.8 Å². The fourth-order valence-electron chi connectivity index (χ4n) is 6.19. The van der Waals surface area contributed by atoms with E-state index < -0.39 is 18.9 Å². The number of rotatable bonds is 4. The summed E-state index contributed by atoms with van der Waals surface area (Å²) in [4.78, 5) is 0. The van der Waals surface area contributed by atoms with Crippen LogP contribution in [0.1, 0.15) is 89.2 Å². The van der Waals surface area contributed by atoms with Crippen molar-refractivity contribution in [1.29, 1.82) is 0 Å². The molecular formula is C35H44Cl2Zr-2. The average molecular weight is 627 g/mol. The van der Waals surface area contributed by atoms with E-state index >= 15 is 0 Å². The molecule has 0 N–H and O–H groups in total. The molecule has 0 spiro atoms. The first-order valence-electron chi connectivity index (χ1n) is 14.8. The molecule has 204 valence electrons. The van der Waals surface area contributed by atoms with Crippen molar-refractivity contribution >= 4 is 41.8 Å². The Kier molecular flexibility index (Phi) is 12.4. The first kappa shape index (κ1) is 30.0. The largest absolute Gasteiger partial charge is 0.153 e. The summed E-state index contributed by atoms with van der Waals surface area (Å²) in [6, 6.07) is 26.8. The van der Waals surface area contributed by atoms with Crippen LogP contribution in [0.4, 0.5) is 0 Å². The number of hydrogen-bond acceptors (Lipinski definition) is 0. The molecule has 38 heavy (non-hydrogen) atoms. The second-order valence-electron chi connectivity index (χ2n) is 11.6. The van der Waals surface area contributed by atoms with Crippen LogP contribution in [0.15, 0.2) is 72.8 Å². The van der Waals surface area contributed by atoms with Gasteiger partial charge in [-0.1, -0.05) is 89.2 Å². The molecule has 0 heterocycles. The molecule has 0 unspecified atom stereocenters. The molecule has 0 amide bonds. The van der Waals surface area contributed by atoms with E-state index in [1.807, 2.05) is 13.8 Å². The Hall–Kier alpha value is -1.01. The summed E-state index contributed by atoms with van der Waals surface area (Å²) in [5.41, 5.74) is 3.14. The van der Waals surface area contributed by atoms with Gasteiger partial charge in [-0.05, 0) is 11.8 Å². The van der Waals surface area contributed by atoms with Gasteiger partial charge in [0, 0.05) is 0 Å². The number of fused-ring (bicyclic) bond motifs is 2. The summed E-state index contributed by atoms with van der Waals surface area (Å²) in [5, 5.41) is 5.78. The maximum absolute atomic E-state index is 5.54. The molecule has 2 fully saturated rings. The monoisotopic (exact) mass is 624 g/mol. The van der Waals surface area contributed by atoms with Gasteiger partial charge < -0.3 is 0 Å². The van der Waals surface area contributed by atoms with E-state index in [2.05, 4.69) is 72.8 Å². The standard InChI is InChI=1S/2C16H19.C3H6.2ClH.Zr/c2*1-2-6-13(7-3-1)12-15-11-10-14-8-4-5-9-16(14)15;1-3-2;;;/h2*4-5,8-11,13H,1-3,6-7,12H2;1-2H3;2*1H;/q2*-1;;;;+2/p-2. The molecule has 0 atom stereocenters. The number of halogens is 2. The van der Waals surface area contributed by atoms with Crippen LogP contribution in [-0.4, -0.2) is 3.21 Å². The minimum atomic E-state index is -1.84. The minimum Gasteiger partial charge on any atom is -0.153 e. The van der Waals surface area contributed by atoms with Gasteiger partial charge in [0.2, 0.25) is 0 Å². The van der Waals surface area contributed by atoms with Crippen molar-refractivity contribution in [1.82, 2.24) is 0 Å². The molecular weight excluding hydrogens is 583 g/mol. The van der Waals surface area contributed by atoms with Gasteiger partial charge in [0.25, 0.3) is 0 Å². The van der Waals surface area contributed by atoms with E-state index in [4.69, 9.17) is 17.0 Å². The molecule has 2 aliphatic carbocycles. The second-order valence-corrected chi connectivity index (χ2v) is 20.9. The quantitative estimate of drug-likeness (QED) is 0.198. The molecule has 0 saturated heterocycles. The zero-order valence-electron chi connectivity index (χ0n) is 23.3. The van der Waals surface area contributed by atoms with E-state index in [-0.39, 0.29) is 0 Å². The number of hydrogen-bond donors (Lipinski definition) is 0. The Bertz CT molecular complexity index is 1170. The van der Waals surface area contributed by atoms with E-state index in [1.54, 1.807) is 11.1 Å². The van der Waals surface area contributed by atoms with Crippen molar-refractivity contribution < 1.29 is 18.9 Å². The second kappa shape index (κ2) is 15.7. The molecule has 4 aromatic carbocycles. The van der Waals surface area contributed by atoms with Gasteiger partial charge >= 0.3 is 53.0 Å². The van der Waals surface area contributed by atoms with Crippen molar-refractivity contribution in [2.45, 2.75) is 90.9 Å². The Morgan fingerprint density at radius 3 is 1.39 bits per heavy atom. The Morgan fingerprint density at radius 2 is 1.03 bits per heavy atom. The van der Waals surface area contributed by atoms with Gasteiger partial charge in [0.15, 0.2) is 0 Å². The molecule has 2 saturated carbocycles. The van der Waals surface area contributed by atoms with Crippen LogP contribution < -0.4 is 0 Å². The predicted octanol–water partition coefficient (Wildman–Crippen LogP) is 11.5. The maximum Gasteiger partial charge on any atom is -0.0461 e. The van der Waals surface area contributed by atoms with Gasteiger partial charge in [-0.25, -0.2) is 0 Å². The van der Waals surface area contributed by atoms with Crippen molar-refractivity contribution in [2.24, 2.45) is 11.8 Å². The average Bonchev–Trinajstić information content (AvgIpc) is 3.55. The maximum atomic E-state index is 5.54. The minimum absolute atomic E-state index is 0.944. The van der Waals surface area contributed by atoms with Gasteiger partial charge in [-0.3, -0.25) is 0 Å². The normalized spacial score (nSPS) is 16.4. The molecule has 0 radical (unpaired) electrons. The first-order chi connectivity index (χ1) is 18.5. The van der Waals surface area contributed by atoms with Crippen molar-refractivity contribution in [3.8, 4) is 0 Å². The van der Waals surface area contributed by atoms with Crippen molar-refractivity contribution in [2.75, 3.05) is 0 Å². The Balaban J connectivity index is 0.000000147. The zero-order valence-corrected chi connectivity index (χ0v) is 27.3. The molecule has 6 rings (SSSR count). The predicted molar refractivity (Wildman–Crippen MR) is 168 cm³/mol. The van der Waals surface area contributed by atoms with E-state index in [0.29, 0.717) is 0 Å². The molecule has 0 nitrogen and oxygen atoms in total. The molecule has 4 aromatic rings. The van der Waals surface area contributed by atoms with Crippen LogP contribution >= 0.6 is 17.0 Å². The Morgan fingerprint density at radius 1 is 0.658 bits per heavy atom. The SMILES string of the molecule is C[C](C)=[Zr]([Cl])[Cl].c1ccc2c(CC3CCCCC3)c[cH-]c2c1.c1ccc2c(CC3CCCCC3)c[cH-]c2c1. The Labute approximate surface area is 245 Å². The van der Waals surface area contributed by atoms with Gasteiger partial charge in [-0.15, -0.1) is 82.2 Å². The molecule has 0 aromatic heterocycles. The molecule has 0 bridgehead atoms. The molecule has 3 heteroatoms.